The number of carbonyl (C=O) groups excluding carboxylic acids is 2. The second kappa shape index (κ2) is 11.3. The summed E-state index contributed by atoms with van der Waals surface area (Å²) in [6.45, 7) is 2.93. The lowest BCUT2D eigenvalue weighted by molar-refractivity contribution is -0.137. The minimum absolute atomic E-state index is 0.0116. The zero-order valence-corrected chi connectivity index (χ0v) is 18.3. The third-order valence-corrected chi connectivity index (χ3v) is 5.61. The van der Waals surface area contributed by atoms with E-state index in [2.05, 4.69) is 34.9 Å². The van der Waals surface area contributed by atoms with Gasteiger partial charge in [0.1, 0.15) is 6.61 Å². The number of ether oxygens (including phenoxy) is 1. The van der Waals surface area contributed by atoms with Gasteiger partial charge in [-0.1, -0.05) is 55.5 Å². The van der Waals surface area contributed by atoms with Gasteiger partial charge in [0.2, 0.25) is 5.91 Å². The Balaban J connectivity index is 1.38. The zero-order chi connectivity index (χ0) is 22.9. The molecular weight excluding hydrogens is 408 g/mol. The number of nitrogens with one attached hydrogen (secondary N) is 2. The van der Waals surface area contributed by atoms with Crippen LogP contribution in [0.3, 0.4) is 0 Å². The molecule has 0 spiro atoms. The van der Waals surface area contributed by atoms with Gasteiger partial charge < -0.3 is 20.5 Å². The van der Waals surface area contributed by atoms with Crippen LogP contribution in [-0.2, 0) is 14.3 Å². The van der Waals surface area contributed by atoms with Gasteiger partial charge in [-0.2, -0.15) is 0 Å². The average Bonchev–Trinajstić information content (AvgIpc) is 3.09. The predicted molar refractivity (Wildman–Crippen MR) is 121 cm³/mol. The van der Waals surface area contributed by atoms with Crippen molar-refractivity contribution >= 4 is 18.0 Å². The number of unbranched alkanes of at least 4 members (excludes halogenated alkanes) is 1. The molecule has 7 nitrogen and oxygen atoms in total. The first-order valence-electron chi connectivity index (χ1n) is 11.0. The van der Waals surface area contributed by atoms with Gasteiger partial charge in [-0.25, -0.2) is 4.79 Å². The Morgan fingerprint density at radius 3 is 2.22 bits per heavy atom. The van der Waals surface area contributed by atoms with E-state index in [9.17, 15) is 14.4 Å². The molecule has 0 bridgehead atoms. The van der Waals surface area contributed by atoms with Crippen LogP contribution in [0, 0.1) is 5.92 Å². The summed E-state index contributed by atoms with van der Waals surface area (Å²) in [6, 6.07) is 16.3. The van der Waals surface area contributed by atoms with Gasteiger partial charge in [0.15, 0.2) is 0 Å². The van der Waals surface area contributed by atoms with Crippen LogP contribution < -0.4 is 10.6 Å². The highest BCUT2D eigenvalue weighted by atomic mass is 16.5. The van der Waals surface area contributed by atoms with Gasteiger partial charge in [-0.3, -0.25) is 9.59 Å². The van der Waals surface area contributed by atoms with Crippen LogP contribution in [0.5, 0.6) is 0 Å². The molecule has 2 aromatic carbocycles. The molecule has 0 saturated carbocycles. The van der Waals surface area contributed by atoms with E-state index in [1.165, 1.54) is 11.1 Å². The smallest absolute Gasteiger partial charge is 0.407 e. The minimum atomic E-state index is -0.829. The number of aliphatic carboxylic acids is 1. The normalized spacial score (nSPS) is 13.0. The molecule has 0 aliphatic heterocycles. The van der Waals surface area contributed by atoms with Crippen molar-refractivity contribution in [2.75, 3.05) is 19.7 Å². The molecule has 0 radical (unpaired) electrons. The van der Waals surface area contributed by atoms with E-state index in [4.69, 9.17) is 9.84 Å². The summed E-state index contributed by atoms with van der Waals surface area (Å²) in [5.41, 5.74) is 4.68. The number of hydrogen-bond donors (Lipinski definition) is 3. The van der Waals surface area contributed by atoms with Crippen molar-refractivity contribution in [1.29, 1.82) is 0 Å². The molecule has 1 unspecified atom stereocenters. The molecule has 0 aromatic heterocycles. The third kappa shape index (κ3) is 6.33. The number of hydrogen-bond acceptors (Lipinski definition) is 4. The lowest BCUT2D eigenvalue weighted by Crippen LogP contribution is -2.33. The molecule has 170 valence electrons. The number of benzene rings is 2. The lowest BCUT2D eigenvalue weighted by Gasteiger charge is -2.16. The summed E-state index contributed by atoms with van der Waals surface area (Å²) >= 11 is 0. The molecule has 1 aliphatic rings. The van der Waals surface area contributed by atoms with E-state index < -0.39 is 12.1 Å². The fourth-order valence-electron chi connectivity index (χ4n) is 4.00. The highest BCUT2D eigenvalue weighted by Crippen LogP contribution is 2.44. The van der Waals surface area contributed by atoms with Crippen molar-refractivity contribution in [2.45, 2.75) is 38.5 Å². The fourth-order valence-corrected chi connectivity index (χ4v) is 4.00. The van der Waals surface area contributed by atoms with Gasteiger partial charge in [-0.05, 0) is 41.0 Å². The van der Waals surface area contributed by atoms with E-state index in [0.29, 0.717) is 25.9 Å². The molecule has 0 saturated heterocycles. The molecule has 1 aliphatic carbocycles. The van der Waals surface area contributed by atoms with Crippen LogP contribution in [0.1, 0.15) is 49.7 Å². The topological polar surface area (TPSA) is 105 Å². The van der Waals surface area contributed by atoms with Gasteiger partial charge in [0, 0.05) is 31.8 Å². The monoisotopic (exact) mass is 438 g/mol. The van der Waals surface area contributed by atoms with E-state index >= 15 is 0 Å². The van der Waals surface area contributed by atoms with Crippen LogP contribution in [0.25, 0.3) is 11.1 Å². The molecular formula is C25H30N2O5. The van der Waals surface area contributed by atoms with Gasteiger partial charge in [0.25, 0.3) is 0 Å². The second-order valence-electron chi connectivity index (χ2n) is 8.22. The predicted octanol–water partition coefficient (Wildman–Crippen LogP) is 3.92. The molecule has 7 heteroatoms. The number of carbonyl (C=O) groups is 3. The quantitative estimate of drug-likeness (QED) is 0.461. The molecule has 32 heavy (non-hydrogen) atoms. The van der Waals surface area contributed by atoms with Gasteiger partial charge in [0.05, 0.1) is 0 Å². The summed E-state index contributed by atoms with van der Waals surface area (Å²) in [6.07, 6.45) is 1.06. The van der Waals surface area contributed by atoms with Gasteiger partial charge in [-0.15, -0.1) is 0 Å². The molecule has 1 atom stereocenters. The first kappa shape index (κ1) is 23.3. The highest BCUT2D eigenvalue weighted by Gasteiger charge is 2.29. The van der Waals surface area contributed by atoms with E-state index in [0.717, 1.165) is 11.1 Å². The van der Waals surface area contributed by atoms with Crippen LogP contribution in [-0.4, -0.2) is 42.8 Å². The Hall–Kier alpha value is -3.35. The molecule has 0 heterocycles. The first-order chi connectivity index (χ1) is 15.5. The first-order valence-corrected chi connectivity index (χ1v) is 11.0. The Kier molecular flexibility index (Phi) is 8.25. The van der Waals surface area contributed by atoms with Crippen molar-refractivity contribution < 1.29 is 24.2 Å². The Morgan fingerprint density at radius 1 is 0.969 bits per heavy atom. The van der Waals surface area contributed by atoms with Crippen LogP contribution >= 0.6 is 0 Å². The van der Waals surface area contributed by atoms with Crippen molar-refractivity contribution in [3.8, 4) is 11.1 Å². The summed E-state index contributed by atoms with van der Waals surface area (Å²) in [4.78, 5) is 34.7. The minimum Gasteiger partial charge on any atom is -0.481 e. The molecule has 0 fully saturated rings. The maximum Gasteiger partial charge on any atom is 0.407 e. The zero-order valence-electron chi connectivity index (χ0n) is 18.3. The summed E-state index contributed by atoms with van der Waals surface area (Å²) < 4.78 is 5.51. The van der Waals surface area contributed by atoms with Crippen molar-refractivity contribution in [3.63, 3.8) is 0 Å². The summed E-state index contributed by atoms with van der Waals surface area (Å²) in [5, 5.41) is 14.1. The molecule has 3 rings (SSSR count). The summed E-state index contributed by atoms with van der Waals surface area (Å²) in [5.74, 6) is -0.974. The molecule has 2 amide bonds. The number of fused-ring (bicyclic) bond motifs is 3. The lowest BCUT2D eigenvalue weighted by atomic mass is 9.98. The third-order valence-electron chi connectivity index (χ3n) is 5.61. The van der Waals surface area contributed by atoms with Crippen molar-refractivity contribution in [1.82, 2.24) is 10.6 Å². The second-order valence-corrected chi connectivity index (χ2v) is 8.22. The number of rotatable bonds is 11. The van der Waals surface area contributed by atoms with Crippen molar-refractivity contribution in [3.05, 3.63) is 59.7 Å². The molecule has 2 aromatic rings. The van der Waals surface area contributed by atoms with E-state index in [1.54, 1.807) is 0 Å². The maximum absolute atomic E-state index is 12.2. The van der Waals surface area contributed by atoms with Crippen LogP contribution in [0.4, 0.5) is 4.79 Å². The highest BCUT2D eigenvalue weighted by molar-refractivity contribution is 5.79. The standard InChI is InChI=1S/C25H30N2O5/c1-17(14-23(28)26-13-7-6-12-24(29)30)15-27-25(31)32-16-22-20-10-4-2-8-18(20)19-9-3-5-11-21(19)22/h2-5,8-11,17,22H,6-7,12-16H2,1H3,(H,26,28)(H,27,31)(H,29,30). The van der Waals surface area contributed by atoms with Crippen LogP contribution in [0.2, 0.25) is 0 Å². The number of carboxylic acids is 1. The molecule has 3 N–H and O–H groups in total. The Labute approximate surface area is 188 Å². The van der Waals surface area contributed by atoms with E-state index in [1.807, 2.05) is 31.2 Å². The van der Waals surface area contributed by atoms with Crippen LogP contribution in [0.15, 0.2) is 48.5 Å². The summed E-state index contributed by atoms with van der Waals surface area (Å²) in [7, 11) is 0. The largest absolute Gasteiger partial charge is 0.481 e. The van der Waals surface area contributed by atoms with E-state index in [-0.39, 0.29) is 37.2 Å². The Morgan fingerprint density at radius 2 is 1.59 bits per heavy atom. The Bertz CT molecular complexity index is 913. The average molecular weight is 439 g/mol. The fraction of sp³-hybridized carbons (Fsp3) is 0.400. The maximum atomic E-state index is 12.2. The number of carboxylic acid groups (broad SMARTS) is 1. The van der Waals surface area contributed by atoms with Gasteiger partial charge >= 0.3 is 12.1 Å². The number of amides is 2. The SMILES string of the molecule is CC(CNC(=O)OCC1c2ccccc2-c2ccccc21)CC(=O)NCCCCC(=O)O. The number of alkyl carbamates (subject to hydrolysis) is 1. The van der Waals surface area contributed by atoms with Crippen molar-refractivity contribution in [2.24, 2.45) is 5.92 Å².